The Bertz CT molecular complexity index is 228. The minimum Gasteiger partial charge on any atom is -0.358 e. The Morgan fingerprint density at radius 2 is 2.10 bits per heavy atom. The minimum atomic E-state index is 0. The van der Waals surface area contributed by atoms with Crippen LogP contribution in [0.3, 0.4) is 0 Å². The van der Waals surface area contributed by atoms with Gasteiger partial charge in [0.05, 0.1) is 0 Å². The summed E-state index contributed by atoms with van der Waals surface area (Å²) in [5, 5.41) is 0. The van der Waals surface area contributed by atoms with Crippen molar-refractivity contribution in [3.63, 3.8) is 0 Å². The predicted octanol–water partition coefficient (Wildman–Crippen LogP) is 2.15. The molecule has 2 rings (SSSR count). The molecular formula is C9H10Y-2. The monoisotopic (exact) mass is 207 g/mol. The third-order valence-electron chi connectivity index (χ3n) is 1.66. The van der Waals surface area contributed by atoms with Gasteiger partial charge in [-0.15, -0.1) is 0 Å². The second-order valence-electron chi connectivity index (χ2n) is 2.32. The van der Waals surface area contributed by atoms with Crippen molar-refractivity contribution in [3.8, 4) is 0 Å². The van der Waals surface area contributed by atoms with Crippen LogP contribution in [0.1, 0.15) is 16.7 Å². The van der Waals surface area contributed by atoms with Gasteiger partial charge >= 0.3 is 0 Å². The van der Waals surface area contributed by atoms with Crippen LogP contribution >= 0.6 is 0 Å². The number of hydrogen-bond donors (Lipinski definition) is 0. The fourth-order valence-corrected chi connectivity index (χ4v) is 1.03. The second-order valence-corrected chi connectivity index (χ2v) is 2.32. The molecule has 0 amide bonds. The van der Waals surface area contributed by atoms with Crippen molar-refractivity contribution in [1.29, 1.82) is 0 Å². The summed E-state index contributed by atoms with van der Waals surface area (Å²) in [4.78, 5) is 0. The summed E-state index contributed by atoms with van der Waals surface area (Å²) in [6.07, 6.45) is 1.22. The standard InChI is InChI=1S/C8H7.CH3.Y/c1-6-3-2-4-7-5-8(6)7;;/h3-4H,5H2,1H3;1H3;/q2*-1;. The van der Waals surface area contributed by atoms with Crippen LogP contribution in [0.4, 0.5) is 0 Å². The van der Waals surface area contributed by atoms with E-state index >= 15 is 0 Å². The van der Waals surface area contributed by atoms with Gasteiger partial charge in [-0.2, -0.15) is 34.9 Å². The molecule has 1 aliphatic rings. The van der Waals surface area contributed by atoms with Crippen molar-refractivity contribution in [1.82, 2.24) is 0 Å². The van der Waals surface area contributed by atoms with Crippen LogP contribution in [-0.2, 0) is 39.1 Å². The maximum Gasteiger partial charge on any atom is 0 e. The molecule has 0 atom stereocenters. The van der Waals surface area contributed by atoms with E-state index in [0.29, 0.717) is 0 Å². The van der Waals surface area contributed by atoms with Gasteiger partial charge in [-0.25, -0.2) is 0 Å². The molecule has 0 nitrogen and oxygen atoms in total. The van der Waals surface area contributed by atoms with Gasteiger partial charge in [0.25, 0.3) is 0 Å². The van der Waals surface area contributed by atoms with Gasteiger partial charge in [0.2, 0.25) is 0 Å². The van der Waals surface area contributed by atoms with E-state index < -0.39 is 0 Å². The first-order valence-electron chi connectivity index (χ1n) is 2.86. The Hall–Kier alpha value is 0.324. The van der Waals surface area contributed by atoms with Gasteiger partial charge in [0.15, 0.2) is 0 Å². The van der Waals surface area contributed by atoms with Gasteiger partial charge in [-0.3, -0.25) is 0 Å². The first-order chi connectivity index (χ1) is 3.88. The fourth-order valence-electron chi connectivity index (χ4n) is 1.03. The van der Waals surface area contributed by atoms with E-state index in [1.165, 1.54) is 17.5 Å². The van der Waals surface area contributed by atoms with Gasteiger partial charge in [-0.1, -0.05) is 13.3 Å². The molecule has 1 radical (unpaired) electrons. The van der Waals surface area contributed by atoms with Crippen LogP contribution in [0.5, 0.6) is 0 Å². The molecule has 1 heteroatoms. The van der Waals surface area contributed by atoms with E-state index in [4.69, 9.17) is 0 Å². The summed E-state index contributed by atoms with van der Waals surface area (Å²) < 4.78 is 0. The molecule has 0 N–H and O–H groups in total. The summed E-state index contributed by atoms with van der Waals surface area (Å²) >= 11 is 0. The molecule has 0 aromatic heterocycles. The molecule has 0 unspecified atom stereocenters. The maximum atomic E-state index is 3.08. The summed E-state index contributed by atoms with van der Waals surface area (Å²) in [5.74, 6) is 0. The molecule has 1 aromatic carbocycles. The van der Waals surface area contributed by atoms with E-state index in [2.05, 4.69) is 19.1 Å². The number of hydrogen-bond acceptors (Lipinski definition) is 0. The summed E-state index contributed by atoms with van der Waals surface area (Å²) in [7, 11) is 0. The van der Waals surface area contributed by atoms with Gasteiger partial charge < -0.3 is 7.43 Å². The third kappa shape index (κ3) is 1.68. The minimum absolute atomic E-state index is 0. The molecule has 1 aliphatic carbocycles. The van der Waals surface area contributed by atoms with Crippen molar-refractivity contribution in [3.05, 3.63) is 42.3 Å². The largest absolute Gasteiger partial charge is 0.358 e. The number of rotatable bonds is 0. The first-order valence-corrected chi connectivity index (χ1v) is 2.86. The Labute approximate surface area is 87.9 Å². The topological polar surface area (TPSA) is 0 Å². The summed E-state index contributed by atoms with van der Waals surface area (Å²) in [5.41, 5.74) is 4.44. The van der Waals surface area contributed by atoms with Crippen LogP contribution < -0.4 is 0 Å². The van der Waals surface area contributed by atoms with E-state index in [-0.39, 0.29) is 40.1 Å². The van der Waals surface area contributed by atoms with E-state index in [0.717, 1.165) is 0 Å². The molecule has 0 saturated heterocycles. The Morgan fingerprint density at radius 1 is 1.40 bits per heavy atom. The molecule has 0 heterocycles. The first kappa shape index (κ1) is 10.3. The normalized spacial score (nSPS) is 10.5. The zero-order valence-electron chi connectivity index (χ0n) is 6.44. The molecular weight excluding hydrogens is 197 g/mol. The smallest absolute Gasteiger partial charge is 0 e. The van der Waals surface area contributed by atoms with Crippen LogP contribution in [0.15, 0.2) is 12.1 Å². The molecule has 0 aliphatic heterocycles. The summed E-state index contributed by atoms with van der Waals surface area (Å²) in [6.45, 7) is 2.14. The van der Waals surface area contributed by atoms with Crippen LogP contribution in [0.2, 0.25) is 0 Å². The Morgan fingerprint density at radius 3 is 2.60 bits per heavy atom. The summed E-state index contributed by atoms with van der Waals surface area (Å²) in [6, 6.07) is 7.20. The average Bonchev–Trinajstić information content (AvgIpc) is 2.45. The van der Waals surface area contributed by atoms with Gasteiger partial charge in [0.1, 0.15) is 0 Å². The van der Waals surface area contributed by atoms with Gasteiger partial charge in [-0.05, 0) is 0 Å². The van der Waals surface area contributed by atoms with Crippen molar-refractivity contribution < 1.29 is 32.7 Å². The zero-order chi connectivity index (χ0) is 5.56. The third-order valence-corrected chi connectivity index (χ3v) is 1.66. The number of fused-ring (bicyclic) bond motifs is 1. The van der Waals surface area contributed by atoms with Gasteiger partial charge in [0, 0.05) is 32.7 Å². The molecule has 0 fully saturated rings. The van der Waals surface area contributed by atoms with Crippen LogP contribution in [0.25, 0.3) is 0 Å². The molecule has 0 bridgehead atoms. The molecule has 0 saturated carbocycles. The van der Waals surface area contributed by atoms with E-state index in [9.17, 15) is 0 Å². The average molecular weight is 207 g/mol. The van der Waals surface area contributed by atoms with Crippen molar-refractivity contribution in [2.75, 3.05) is 0 Å². The number of benzene rings is 1. The van der Waals surface area contributed by atoms with Crippen molar-refractivity contribution >= 4 is 0 Å². The fraction of sp³-hybridized carbons (Fsp3) is 0.222. The van der Waals surface area contributed by atoms with Crippen LogP contribution in [0, 0.1) is 20.4 Å². The Balaban J connectivity index is 0.000000405. The van der Waals surface area contributed by atoms with Crippen molar-refractivity contribution in [2.24, 2.45) is 0 Å². The quantitative estimate of drug-likeness (QED) is 0.580. The molecule has 1 aromatic rings. The molecule has 10 heavy (non-hydrogen) atoms. The molecule has 51 valence electrons. The SMILES string of the molecule is Cc1c[c-]cc2c1C2.[CH3-].[Y]. The van der Waals surface area contributed by atoms with E-state index in [1.54, 1.807) is 5.56 Å². The maximum absolute atomic E-state index is 3.08. The van der Waals surface area contributed by atoms with Crippen LogP contribution in [-0.4, -0.2) is 0 Å². The predicted molar refractivity (Wildman–Crippen MR) is 39.2 cm³/mol. The van der Waals surface area contributed by atoms with Crippen molar-refractivity contribution in [2.45, 2.75) is 13.3 Å². The second kappa shape index (κ2) is 3.64. The molecule has 0 spiro atoms. The zero-order valence-corrected chi connectivity index (χ0v) is 9.28. The number of aryl methyl sites for hydroxylation is 1. The van der Waals surface area contributed by atoms with E-state index in [1.807, 2.05) is 6.07 Å². The Kier molecular flexibility index (Phi) is 3.76.